The molecule has 0 aliphatic carbocycles. The molecule has 0 saturated carbocycles. The lowest BCUT2D eigenvalue weighted by molar-refractivity contribution is 0.0756. The minimum atomic E-state index is -0.825. The Balaban J connectivity index is 1.64. The number of nitrogens with zero attached hydrogens (tertiary/aromatic N) is 4. The molecule has 0 bridgehead atoms. The summed E-state index contributed by atoms with van der Waals surface area (Å²) >= 11 is 0. The van der Waals surface area contributed by atoms with E-state index in [4.69, 9.17) is 11.1 Å². The van der Waals surface area contributed by atoms with Gasteiger partial charge in [0.25, 0.3) is 5.91 Å². The van der Waals surface area contributed by atoms with Gasteiger partial charge in [0.1, 0.15) is 11.5 Å². The van der Waals surface area contributed by atoms with Crippen LogP contribution < -0.4 is 5.73 Å². The quantitative estimate of drug-likeness (QED) is 0.662. The van der Waals surface area contributed by atoms with Gasteiger partial charge in [-0.3, -0.25) is 19.6 Å². The van der Waals surface area contributed by atoms with Crippen LogP contribution in [0.2, 0.25) is 0 Å². The Morgan fingerprint density at radius 2 is 1.79 bits per heavy atom. The number of carbonyl (C=O) groups is 1. The van der Waals surface area contributed by atoms with E-state index in [2.05, 4.69) is 9.97 Å². The number of carbonyl (C=O) groups excluding carboxylic acids is 1. The molecule has 0 radical (unpaired) electrons. The van der Waals surface area contributed by atoms with Gasteiger partial charge in [-0.15, -0.1) is 0 Å². The van der Waals surface area contributed by atoms with Gasteiger partial charge < -0.3 is 10.6 Å². The van der Waals surface area contributed by atoms with Crippen LogP contribution in [0, 0.1) is 17.0 Å². The second kappa shape index (κ2) is 7.57. The molecule has 150 valence electrons. The van der Waals surface area contributed by atoms with Gasteiger partial charge >= 0.3 is 0 Å². The molecule has 0 atom stereocenters. The molecule has 3 aromatic rings. The molecule has 0 unspecified atom stereocenters. The Morgan fingerprint density at radius 1 is 1.07 bits per heavy atom. The second-order valence-electron chi connectivity index (χ2n) is 7.08. The number of fused-ring (bicyclic) bond motifs is 1. The molecule has 4 rings (SSSR count). The van der Waals surface area contributed by atoms with Gasteiger partial charge in [-0.2, -0.15) is 0 Å². The van der Waals surface area contributed by atoms with Gasteiger partial charge in [-0.1, -0.05) is 12.8 Å². The number of amides is 1. The number of nitrogen functional groups attached to an aromatic ring is 1. The summed E-state index contributed by atoms with van der Waals surface area (Å²) in [5, 5.41) is 8.43. The molecule has 9 heteroatoms. The van der Waals surface area contributed by atoms with Crippen LogP contribution in [-0.4, -0.2) is 44.0 Å². The Morgan fingerprint density at radius 3 is 2.48 bits per heavy atom. The second-order valence-corrected chi connectivity index (χ2v) is 7.08. The van der Waals surface area contributed by atoms with Gasteiger partial charge in [0.15, 0.2) is 11.5 Å². The van der Waals surface area contributed by atoms with Gasteiger partial charge in [0.2, 0.25) is 0 Å². The summed E-state index contributed by atoms with van der Waals surface area (Å²) in [6, 6.07) is 2.18. The van der Waals surface area contributed by atoms with Gasteiger partial charge in [-0.05, 0) is 18.9 Å². The molecule has 0 aromatic carbocycles. The molecule has 4 heterocycles. The van der Waals surface area contributed by atoms with E-state index in [0.29, 0.717) is 13.1 Å². The standard InChI is InChI=1S/C20H20F2N6O/c21-12-7-14(22)19-26-10-17(28(19)11-12)18(24)13-9-25-16(8-15(13)23)20(29)27-5-3-1-2-4-6-27/h7-11,24H,1-6H2,(H2,23,25). The number of hydrogen-bond acceptors (Lipinski definition) is 5. The zero-order chi connectivity index (χ0) is 20.5. The number of nitrogens with one attached hydrogen (secondary N) is 1. The van der Waals surface area contributed by atoms with E-state index in [1.165, 1.54) is 18.5 Å². The predicted octanol–water partition coefficient (Wildman–Crippen LogP) is 3.02. The first-order chi connectivity index (χ1) is 14.0. The van der Waals surface area contributed by atoms with Crippen molar-refractivity contribution in [2.24, 2.45) is 0 Å². The van der Waals surface area contributed by atoms with Crippen molar-refractivity contribution in [3.05, 3.63) is 59.3 Å². The van der Waals surface area contributed by atoms with Crippen molar-refractivity contribution in [2.45, 2.75) is 25.7 Å². The third-order valence-electron chi connectivity index (χ3n) is 5.10. The smallest absolute Gasteiger partial charge is 0.272 e. The lowest BCUT2D eigenvalue weighted by Crippen LogP contribution is -2.32. The summed E-state index contributed by atoms with van der Waals surface area (Å²) in [7, 11) is 0. The fourth-order valence-electron chi connectivity index (χ4n) is 3.57. The Labute approximate surface area is 165 Å². The van der Waals surface area contributed by atoms with E-state index < -0.39 is 11.6 Å². The summed E-state index contributed by atoms with van der Waals surface area (Å²) in [5.41, 5.74) is 6.74. The first-order valence-electron chi connectivity index (χ1n) is 9.42. The monoisotopic (exact) mass is 398 g/mol. The fourth-order valence-corrected chi connectivity index (χ4v) is 3.57. The number of aromatic nitrogens is 3. The van der Waals surface area contributed by atoms with Gasteiger partial charge in [-0.25, -0.2) is 13.8 Å². The van der Waals surface area contributed by atoms with Crippen molar-refractivity contribution >= 4 is 23.0 Å². The number of imidazole rings is 1. The SMILES string of the molecule is N=C(c1cnc(C(=O)N2CCCCCC2)cc1N)c1cnc2c(F)cc(F)cn12. The van der Waals surface area contributed by atoms with E-state index >= 15 is 0 Å². The van der Waals surface area contributed by atoms with Crippen LogP contribution in [-0.2, 0) is 0 Å². The van der Waals surface area contributed by atoms with Crippen LogP contribution in [0.15, 0.2) is 30.7 Å². The molecule has 1 amide bonds. The third-order valence-corrected chi connectivity index (χ3v) is 5.10. The molecule has 3 aromatic heterocycles. The normalized spacial score (nSPS) is 14.8. The number of anilines is 1. The average molecular weight is 398 g/mol. The summed E-state index contributed by atoms with van der Waals surface area (Å²) in [5.74, 6) is -1.80. The molecule has 7 nitrogen and oxygen atoms in total. The summed E-state index contributed by atoms with van der Waals surface area (Å²) < 4.78 is 28.6. The van der Waals surface area contributed by atoms with E-state index in [1.54, 1.807) is 4.90 Å². The van der Waals surface area contributed by atoms with Crippen LogP contribution in [0.25, 0.3) is 5.65 Å². The lowest BCUT2D eigenvalue weighted by Gasteiger charge is -2.20. The lowest BCUT2D eigenvalue weighted by atomic mass is 10.1. The molecule has 1 aliphatic rings. The van der Waals surface area contributed by atoms with E-state index in [0.717, 1.165) is 42.3 Å². The number of likely N-dealkylation sites (tertiary alicyclic amines) is 1. The third kappa shape index (κ3) is 3.55. The fraction of sp³-hybridized carbons (Fsp3) is 0.300. The van der Waals surface area contributed by atoms with Crippen molar-refractivity contribution in [3.63, 3.8) is 0 Å². The first-order valence-corrected chi connectivity index (χ1v) is 9.42. The molecular weight excluding hydrogens is 378 g/mol. The van der Waals surface area contributed by atoms with Crippen LogP contribution in [0.1, 0.15) is 47.4 Å². The molecule has 29 heavy (non-hydrogen) atoms. The van der Waals surface area contributed by atoms with Crippen LogP contribution >= 0.6 is 0 Å². The molecule has 1 fully saturated rings. The number of nitrogens with two attached hydrogens (primary N) is 1. The molecule has 3 N–H and O–H groups in total. The van der Waals surface area contributed by atoms with Crippen LogP contribution in [0.4, 0.5) is 14.5 Å². The number of rotatable bonds is 3. The number of hydrogen-bond donors (Lipinski definition) is 2. The summed E-state index contributed by atoms with van der Waals surface area (Å²) in [4.78, 5) is 22.6. The van der Waals surface area contributed by atoms with E-state index in [9.17, 15) is 13.6 Å². The highest BCUT2D eigenvalue weighted by molar-refractivity contribution is 6.13. The van der Waals surface area contributed by atoms with E-state index in [1.807, 2.05) is 0 Å². The Kier molecular flexibility index (Phi) is 4.96. The minimum absolute atomic E-state index is 0.0920. The maximum Gasteiger partial charge on any atom is 0.272 e. The van der Waals surface area contributed by atoms with Gasteiger partial charge in [0, 0.05) is 42.8 Å². The summed E-state index contributed by atoms with van der Waals surface area (Å²) in [6.07, 6.45) is 7.81. The number of pyridine rings is 2. The van der Waals surface area contributed by atoms with Crippen LogP contribution in [0.5, 0.6) is 0 Å². The highest BCUT2D eigenvalue weighted by Crippen LogP contribution is 2.21. The maximum absolute atomic E-state index is 13.9. The maximum atomic E-state index is 13.9. The zero-order valence-corrected chi connectivity index (χ0v) is 15.7. The Bertz CT molecular complexity index is 1100. The average Bonchev–Trinajstić information content (AvgIpc) is 2.93. The van der Waals surface area contributed by atoms with Crippen molar-refractivity contribution in [2.75, 3.05) is 18.8 Å². The van der Waals surface area contributed by atoms with Crippen molar-refractivity contribution in [3.8, 4) is 0 Å². The van der Waals surface area contributed by atoms with Crippen molar-refractivity contribution < 1.29 is 13.6 Å². The van der Waals surface area contributed by atoms with Crippen molar-refractivity contribution in [1.29, 1.82) is 5.41 Å². The topological polar surface area (TPSA) is 100 Å². The number of halogens is 2. The molecule has 0 spiro atoms. The predicted molar refractivity (Wildman–Crippen MR) is 104 cm³/mol. The minimum Gasteiger partial charge on any atom is -0.398 e. The molecule has 1 aliphatic heterocycles. The van der Waals surface area contributed by atoms with Crippen LogP contribution in [0.3, 0.4) is 0 Å². The largest absolute Gasteiger partial charge is 0.398 e. The zero-order valence-electron chi connectivity index (χ0n) is 15.7. The van der Waals surface area contributed by atoms with Crippen molar-refractivity contribution in [1.82, 2.24) is 19.3 Å². The summed E-state index contributed by atoms with van der Waals surface area (Å²) in [6.45, 7) is 1.38. The highest BCUT2D eigenvalue weighted by atomic mass is 19.1. The first kappa shape index (κ1) is 19.0. The molecular formula is C20H20F2N6O. The van der Waals surface area contributed by atoms with Gasteiger partial charge in [0.05, 0.1) is 17.6 Å². The Hall–Kier alpha value is -3.36. The van der Waals surface area contributed by atoms with E-state index in [-0.39, 0.29) is 39.9 Å². The highest BCUT2D eigenvalue weighted by Gasteiger charge is 2.21. The molecule has 1 saturated heterocycles.